The first kappa shape index (κ1) is 22.5. The number of nitriles is 2. The maximum Gasteiger partial charge on any atom is 0.217 e. The highest BCUT2D eigenvalue weighted by Crippen LogP contribution is 2.51. The molecule has 0 heterocycles. The fourth-order valence-corrected chi connectivity index (χ4v) is 6.74. The predicted octanol–water partition coefficient (Wildman–Crippen LogP) is 5.63. The lowest BCUT2D eigenvalue weighted by Gasteiger charge is -2.49. The summed E-state index contributed by atoms with van der Waals surface area (Å²) in [4.78, 5) is 0. The van der Waals surface area contributed by atoms with Crippen molar-refractivity contribution in [2.45, 2.75) is 63.3 Å². The van der Waals surface area contributed by atoms with Gasteiger partial charge >= 0.3 is 0 Å². The molecule has 0 saturated carbocycles. The molecule has 0 unspecified atom stereocenters. The van der Waals surface area contributed by atoms with Crippen molar-refractivity contribution in [2.75, 3.05) is 0 Å². The fraction of sp³-hybridized carbons (Fsp3) is 0.417. The first-order chi connectivity index (χ1) is 14.0. The van der Waals surface area contributed by atoms with Crippen molar-refractivity contribution < 1.29 is 8.85 Å². The molecule has 0 spiro atoms. The smallest absolute Gasteiger partial charge is 0.217 e. The van der Waals surface area contributed by atoms with Gasteiger partial charge in [0, 0.05) is 11.1 Å². The molecule has 0 radical (unpaired) electrons. The molecule has 0 aromatic heterocycles. The Hall–Kier alpha value is -2.23. The van der Waals surface area contributed by atoms with Crippen LogP contribution < -0.4 is 0 Å². The van der Waals surface area contributed by atoms with Gasteiger partial charge in [0.2, 0.25) is 11.2 Å². The van der Waals surface area contributed by atoms with E-state index in [1.807, 2.05) is 48.5 Å². The van der Waals surface area contributed by atoms with Crippen LogP contribution in [0, 0.1) is 22.7 Å². The third kappa shape index (κ3) is 3.89. The van der Waals surface area contributed by atoms with Gasteiger partial charge in [0.05, 0.1) is 0 Å². The first-order valence-corrected chi connectivity index (χ1v) is 17.2. The Morgan fingerprint density at radius 2 is 1.00 bits per heavy atom. The molecule has 3 rings (SSSR count). The van der Waals surface area contributed by atoms with Crippen LogP contribution >= 0.6 is 0 Å². The van der Waals surface area contributed by atoms with E-state index in [-0.39, 0.29) is 0 Å². The lowest BCUT2D eigenvalue weighted by atomic mass is 9.70. The molecule has 2 aromatic rings. The van der Waals surface area contributed by atoms with Crippen molar-refractivity contribution in [2.24, 2.45) is 0 Å². The lowest BCUT2D eigenvalue weighted by Crippen LogP contribution is -2.59. The summed E-state index contributed by atoms with van der Waals surface area (Å²) in [6, 6.07) is 20.7. The van der Waals surface area contributed by atoms with Gasteiger partial charge in [-0.1, -0.05) is 48.5 Å². The average Bonchev–Trinajstić information content (AvgIpc) is 2.67. The van der Waals surface area contributed by atoms with Gasteiger partial charge in [-0.3, -0.25) is 0 Å². The van der Waals surface area contributed by atoms with Gasteiger partial charge in [-0.05, 0) is 63.3 Å². The van der Waals surface area contributed by atoms with Gasteiger partial charge in [-0.15, -0.1) is 0 Å². The summed E-state index contributed by atoms with van der Waals surface area (Å²) < 4.78 is 13.5. The van der Waals surface area contributed by atoms with Crippen LogP contribution in [0.1, 0.15) is 22.3 Å². The third-order valence-corrected chi connectivity index (χ3v) is 7.02. The van der Waals surface area contributed by atoms with Crippen LogP contribution in [0.3, 0.4) is 0 Å². The molecule has 4 nitrogen and oxygen atoms in total. The summed E-state index contributed by atoms with van der Waals surface area (Å²) in [5.74, 6) is 0. The normalized spacial score (nSPS) is 23.9. The van der Waals surface area contributed by atoms with Gasteiger partial charge in [0.1, 0.15) is 12.1 Å². The van der Waals surface area contributed by atoms with Crippen molar-refractivity contribution in [1.82, 2.24) is 0 Å². The standard InChI is InChI=1S/C24H30N2O2Si2/c1-29(2,3)27-23(17-25)21-13-9-7-11-19(21)15-16-20-12-8-10-14-22(20)24(23,18-26)28-30(4,5)6/h7-14H,15-16H2,1-6H3/t23-,24+. The molecule has 0 saturated heterocycles. The molecule has 1 aliphatic carbocycles. The van der Waals surface area contributed by atoms with E-state index in [4.69, 9.17) is 8.85 Å². The molecule has 6 heteroatoms. The average molecular weight is 435 g/mol. The lowest BCUT2D eigenvalue weighted by molar-refractivity contribution is -0.0682. The predicted molar refractivity (Wildman–Crippen MR) is 124 cm³/mol. The highest BCUT2D eigenvalue weighted by atomic mass is 28.4. The van der Waals surface area contributed by atoms with Crippen LogP contribution in [0.2, 0.25) is 39.3 Å². The zero-order valence-corrected chi connectivity index (χ0v) is 20.7. The van der Waals surface area contributed by atoms with Crippen LogP contribution in [-0.4, -0.2) is 16.6 Å². The van der Waals surface area contributed by atoms with E-state index >= 15 is 0 Å². The molecule has 0 amide bonds. The van der Waals surface area contributed by atoms with E-state index in [0.29, 0.717) is 0 Å². The van der Waals surface area contributed by atoms with Crippen LogP contribution in [0.25, 0.3) is 0 Å². The van der Waals surface area contributed by atoms with E-state index in [2.05, 4.69) is 51.4 Å². The van der Waals surface area contributed by atoms with Crippen LogP contribution in [0.4, 0.5) is 0 Å². The van der Waals surface area contributed by atoms with Crippen LogP contribution in [0.5, 0.6) is 0 Å². The number of aryl methyl sites for hydroxylation is 2. The number of benzene rings is 2. The molecule has 2 atom stereocenters. The molecular formula is C24H30N2O2Si2. The Labute approximate surface area is 182 Å². The Kier molecular flexibility index (Phi) is 5.83. The molecule has 0 bridgehead atoms. The molecule has 0 fully saturated rings. The van der Waals surface area contributed by atoms with Crippen molar-refractivity contribution in [3.63, 3.8) is 0 Å². The van der Waals surface area contributed by atoms with Gasteiger partial charge in [0.15, 0.2) is 16.6 Å². The summed E-state index contributed by atoms with van der Waals surface area (Å²) in [5, 5.41) is 21.6. The van der Waals surface area contributed by atoms with E-state index < -0.39 is 27.8 Å². The third-order valence-electron chi connectivity index (χ3n) is 5.19. The number of fused-ring (bicyclic) bond motifs is 2. The second-order valence-corrected chi connectivity index (χ2v) is 18.7. The second-order valence-electron chi connectivity index (χ2n) is 9.83. The molecule has 2 aromatic carbocycles. The van der Waals surface area contributed by atoms with Crippen molar-refractivity contribution in [3.8, 4) is 12.1 Å². The molecule has 0 N–H and O–H groups in total. The largest absolute Gasteiger partial charge is 0.393 e. The molecular weight excluding hydrogens is 404 g/mol. The van der Waals surface area contributed by atoms with Gasteiger partial charge in [-0.25, -0.2) is 0 Å². The zero-order valence-electron chi connectivity index (χ0n) is 18.7. The van der Waals surface area contributed by atoms with Crippen molar-refractivity contribution >= 4 is 16.6 Å². The summed E-state index contributed by atoms with van der Waals surface area (Å²) in [5.41, 5.74) is 0.462. The van der Waals surface area contributed by atoms with Gasteiger partial charge in [-0.2, -0.15) is 10.5 Å². The summed E-state index contributed by atoms with van der Waals surface area (Å²) >= 11 is 0. The van der Waals surface area contributed by atoms with Gasteiger partial charge < -0.3 is 8.85 Å². The number of nitrogens with zero attached hydrogens (tertiary/aromatic N) is 2. The summed E-state index contributed by atoms with van der Waals surface area (Å²) in [6.07, 6.45) is 1.56. The number of hydrogen-bond acceptors (Lipinski definition) is 4. The quantitative estimate of drug-likeness (QED) is 0.585. The molecule has 1 aliphatic rings. The summed E-state index contributed by atoms with van der Waals surface area (Å²) in [6.45, 7) is 12.3. The van der Waals surface area contributed by atoms with Gasteiger partial charge in [0.25, 0.3) is 0 Å². The maximum atomic E-state index is 10.8. The number of hydrogen-bond donors (Lipinski definition) is 0. The number of rotatable bonds is 4. The monoisotopic (exact) mass is 434 g/mol. The van der Waals surface area contributed by atoms with Crippen LogP contribution in [-0.2, 0) is 32.9 Å². The minimum Gasteiger partial charge on any atom is -0.393 e. The summed E-state index contributed by atoms with van der Waals surface area (Å²) in [7, 11) is -4.57. The SMILES string of the molecule is C[Si](C)(C)O[C@@]1(C#N)c2ccccc2CCc2ccccc2[C@@]1(C#N)O[Si](C)(C)C. The highest BCUT2D eigenvalue weighted by Gasteiger charge is 2.62. The minimum absolute atomic E-state index is 0.754. The fourth-order valence-electron chi connectivity index (χ4n) is 4.31. The Bertz CT molecular complexity index is 943. The van der Waals surface area contributed by atoms with E-state index in [9.17, 15) is 10.5 Å². The topological polar surface area (TPSA) is 66.0 Å². The maximum absolute atomic E-state index is 10.8. The second kappa shape index (κ2) is 7.79. The Morgan fingerprint density at radius 1 is 0.667 bits per heavy atom. The minimum atomic E-state index is -2.29. The Morgan fingerprint density at radius 3 is 1.30 bits per heavy atom. The highest BCUT2D eigenvalue weighted by molar-refractivity contribution is 6.70. The van der Waals surface area contributed by atoms with Crippen molar-refractivity contribution in [1.29, 1.82) is 10.5 Å². The molecule has 0 aliphatic heterocycles. The van der Waals surface area contributed by atoms with E-state index in [0.717, 1.165) is 35.1 Å². The van der Waals surface area contributed by atoms with Crippen LogP contribution in [0.15, 0.2) is 48.5 Å². The molecule has 156 valence electrons. The van der Waals surface area contributed by atoms with Crippen molar-refractivity contribution in [3.05, 3.63) is 70.8 Å². The Balaban J connectivity index is 2.51. The van der Waals surface area contributed by atoms with E-state index in [1.165, 1.54) is 0 Å². The molecule has 30 heavy (non-hydrogen) atoms. The first-order valence-electron chi connectivity index (χ1n) is 10.4. The zero-order chi connectivity index (χ0) is 22.2. The van der Waals surface area contributed by atoms with E-state index in [1.54, 1.807) is 0 Å².